The van der Waals surface area contributed by atoms with E-state index in [1.165, 1.54) is 16.7 Å². The van der Waals surface area contributed by atoms with Gasteiger partial charge in [-0.05, 0) is 35.3 Å². The van der Waals surface area contributed by atoms with Crippen LogP contribution in [0.15, 0.2) is 35.3 Å². The van der Waals surface area contributed by atoms with E-state index in [9.17, 15) is 0 Å². The van der Waals surface area contributed by atoms with E-state index in [2.05, 4.69) is 57.9 Å². The molecule has 2 nitrogen and oxygen atoms in total. The highest BCUT2D eigenvalue weighted by atomic mass is 79.9. The van der Waals surface area contributed by atoms with Gasteiger partial charge in [0.2, 0.25) is 0 Å². The molecule has 0 bridgehead atoms. The molecule has 0 aliphatic carbocycles. The van der Waals surface area contributed by atoms with Crippen LogP contribution in [0, 0.1) is 13.8 Å². The number of nitrogens with zero attached hydrogens (tertiary/aromatic N) is 2. The molecule has 0 unspecified atom stereocenters. The molecule has 0 N–H and O–H groups in total. The topological polar surface area (TPSA) is 25.8 Å². The second kappa shape index (κ2) is 4.11. The minimum Gasteiger partial charge on any atom is -0.230 e. The highest BCUT2D eigenvalue weighted by Gasteiger charge is 2.00. The van der Waals surface area contributed by atoms with Gasteiger partial charge < -0.3 is 0 Å². The van der Waals surface area contributed by atoms with Crippen molar-refractivity contribution >= 4 is 15.9 Å². The van der Waals surface area contributed by atoms with Crippen LogP contribution >= 0.6 is 15.9 Å². The van der Waals surface area contributed by atoms with Crippen molar-refractivity contribution in [3.05, 3.63) is 46.5 Å². The zero-order valence-corrected chi connectivity index (χ0v) is 10.2. The Morgan fingerprint density at radius 3 is 1.93 bits per heavy atom. The molecule has 0 radical (unpaired) electrons. The van der Waals surface area contributed by atoms with E-state index >= 15 is 0 Å². The van der Waals surface area contributed by atoms with Crippen LogP contribution in [0.1, 0.15) is 11.1 Å². The average Bonchev–Trinajstić information content (AvgIpc) is 2.17. The summed E-state index contributed by atoms with van der Waals surface area (Å²) < 4.78 is 0.621. The maximum atomic E-state index is 4.12. The van der Waals surface area contributed by atoms with Gasteiger partial charge in [0.15, 0.2) is 4.73 Å². The molecule has 0 atom stereocenters. The number of rotatable bonds is 1. The Balaban J connectivity index is 2.49. The van der Waals surface area contributed by atoms with E-state index in [1.807, 2.05) is 12.4 Å². The van der Waals surface area contributed by atoms with Crippen molar-refractivity contribution in [3.63, 3.8) is 0 Å². The minimum atomic E-state index is 0.621. The summed E-state index contributed by atoms with van der Waals surface area (Å²) in [5, 5.41) is 0. The van der Waals surface area contributed by atoms with Crippen molar-refractivity contribution in [1.82, 2.24) is 9.97 Å². The lowest BCUT2D eigenvalue weighted by Crippen LogP contribution is -1.86. The van der Waals surface area contributed by atoms with Crippen LogP contribution in [-0.2, 0) is 0 Å². The highest BCUT2D eigenvalue weighted by molar-refractivity contribution is 9.10. The fourth-order valence-electron chi connectivity index (χ4n) is 1.60. The normalized spacial score (nSPS) is 10.3. The third-order valence-corrected chi connectivity index (χ3v) is 2.58. The molecule has 0 saturated heterocycles. The van der Waals surface area contributed by atoms with Crippen molar-refractivity contribution in [1.29, 1.82) is 0 Å². The van der Waals surface area contributed by atoms with E-state index < -0.39 is 0 Å². The van der Waals surface area contributed by atoms with Gasteiger partial charge in [-0.1, -0.05) is 29.3 Å². The predicted molar refractivity (Wildman–Crippen MR) is 64.6 cm³/mol. The molecular formula is C12H11BrN2. The monoisotopic (exact) mass is 262 g/mol. The van der Waals surface area contributed by atoms with E-state index in [4.69, 9.17) is 0 Å². The van der Waals surface area contributed by atoms with Gasteiger partial charge in [-0.15, -0.1) is 0 Å². The summed E-state index contributed by atoms with van der Waals surface area (Å²) in [5.74, 6) is 0. The second-order valence-corrected chi connectivity index (χ2v) is 4.33. The summed E-state index contributed by atoms with van der Waals surface area (Å²) in [6.07, 6.45) is 3.65. The van der Waals surface area contributed by atoms with Gasteiger partial charge in [0, 0.05) is 18.0 Å². The molecule has 2 rings (SSSR count). The quantitative estimate of drug-likeness (QED) is 0.735. The van der Waals surface area contributed by atoms with Crippen molar-refractivity contribution in [2.75, 3.05) is 0 Å². The Kier molecular flexibility index (Phi) is 2.82. The van der Waals surface area contributed by atoms with Crippen LogP contribution in [0.5, 0.6) is 0 Å². The Morgan fingerprint density at radius 1 is 0.867 bits per heavy atom. The molecule has 15 heavy (non-hydrogen) atoms. The van der Waals surface area contributed by atoms with E-state index in [0.717, 1.165) is 5.56 Å². The van der Waals surface area contributed by atoms with Crippen LogP contribution in [0.3, 0.4) is 0 Å². The van der Waals surface area contributed by atoms with Crippen LogP contribution in [0.4, 0.5) is 0 Å². The first-order valence-electron chi connectivity index (χ1n) is 4.71. The second-order valence-electron chi connectivity index (χ2n) is 3.62. The van der Waals surface area contributed by atoms with Gasteiger partial charge in [0.05, 0.1) is 0 Å². The van der Waals surface area contributed by atoms with Gasteiger partial charge in [-0.2, -0.15) is 0 Å². The molecular weight excluding hydrogens is 252 g/mol. The molecule has 2 aromatic rings. The smallest absolute Gasteiger partial charge is 0.196 e. The molecule has 1 aromatic heterocycles. The molecule has 0 saturated carbocycles. The van der Waals surface area contributed by atoms with Crippen LogP contribution in [0.2, 0.25) is 0 Å². The molecule has 76 valence electrons. The molecule has 0 fully saturated rings. The Morgan fingerprint density at radius 2 is 1.40 bits per heavy atom. The largest absolute Gasteiger partial charge is 0.230 e. The number of benzene rings is 1. The predicted octanol–water partition coefficient (Wildman–Crippen LogP) is 3.52. The number of hydrogen-bond acceptors (Lipinski definition) is 2. The molecule has 0 spiro atoms. The first-order valence-corrected chi connectivity index (χ1v) is 5.50. The molecule has 1 heterocycles. The van der Waals surface area contributed by atoms with E-state index in [0.29, 0.717) is 4.73 Å². The van der Waals surface area contributed by atoms with Crippen molar-refractivity contribution in [3.8, 4) is 11.1 Å². The number of hydrogen-bond donors (Lipinski definition) is 0. The molecule has 3 heteroatoms. The van der Waals surface area contributed by atoms with Gasteiger partial charge in [0.1, 0.15) is 0 Å². The third-order valence-electron chi connectivity index (χ3n) is 2.18. The first kappa shape index (κ1) is 10.3. The lowest BCUT2D eigenvalue weighted by Gasteiger charge is -2.04. The number of aromatic nitrogens is 2. The van der Waals surface area contributed by atoms with Gasteiger partial charge in [0.25, 0.3) is 0 Å². The Hall–Kier alpha value is -1.22. The van der Waals surface area contributed by atoms with Crippen molar-refractivity contribution < 1.29 is 0 Å². The Bertz CT molecular complexity index is 457. The van der Waals surface area contributed by atoms with Crippen molar-refractivity contribution in [2.45, 2.75) is 13.8 Å². The molecule has 0 aliphatic heterocycles. The molecule has 1 aromatic carbocycles. The average molecular weight is 263 g/mol. The summed E-state index contributed by atoms with van der Waals surface area (Å²) in [6.45, 7) is 4.19. The van der Waals surface area contributed by atoms with Crippen LogP contribution in [-0.4, -0.2) is 9.97 Å². The highest BCUT2D eigenvalue weighted by Crippen LogP contribution is 2.21. The maximum Gasteiger partial charge on any atom is 0.196 e. The van der Waals surface area contributed by atoms with Crippen LogP contribution < -0.4 is 0 Å². The molecule has 0 aliphatic rings. The minimum absolute atomic E-state index is 0.621. The van der Waals surface area contributed by atoms with E-state index in [1.54, 1.807) is 0 Å². The lowest BCUT2D eigenvalue weighted by molar-refractivity contribution is 1.11. The SMILES string of the molecule is Cc1cc(C)cc(-c2cnc(Br)nc2)c1. The summed E-state index contributed by atoms with van der Waals surface area (Å²) in [4.78, 5) is 8.24. The Labute approximate surface area is 97.5 Å². The summed E-state index contributed by atoms with van der Waals surface area (Å²) in [5.41, 5.74) is 4.73. The summed E-state index contributed by atoms with van der Waals surface area (Å²) in [7, 11) is 0. The van der Waals surface area contributed by atoms with Gasteiger partial charge >= 0.3 is 0 Å². The zero-order chi connectivity index (χ0) is 10.8. The maximum absolute atomic E-state index is 4.12. The fourth-order valence-corrected chi connectivity index (χ4v) is 1.81. The third kappa shape index (κ3) is 2.42. The van der Waals surface area contributed by atoms with Crippen LogP contribution in [0.25, 0.3) is 11.1 Å². The lowest BCUT2D eigenvalue weighted by atomic mass is 10.0. The van der Waals surface area contributed by atoms with Gasteiger partial charge in [-0.25, -0.2) is 9.97 Å². The number of aryl methyl sites for hydroxylation is 2. The summed E-state index contributed by atoms with van der Waals surface area (Å²) >= 11 is 3.22. The van der Waals surface area contributed by atoms with Gasteiger partial charge in [-0.3, -0.25) is 0 Å². The molecule has 0 amide bonds. The fraction of sp³-hybridized carbons (Fsp3) is 0.167. The summed E-state index contributed by atoms with van der Waals surface area (Å²) in [6, 6.07) is 6.43. The number of halogens is 1. The first-order chi connectivity index (χ1) is 7.15. The standard InChI is InChI=1S/C12H11BrN2/c1-8-3-9(2)5-10(4-8)11-6-14-12(13)15-7-11/h3-7H,1-2H3. The van der Waals surface area contributed by atoms with E-state index in [-0.39, 0.29) is 0 Å². The zero-order valence-electron chi connectivity index (χ0n) is 8.66. The van der Waals surface area contributed by atoms with Crippen molar-refractivity contribution in [2.24, 2.45) is 0 Å².